The zero-order chi connectivity index (χ0) is 13.9. The van der Waals surface area contributed by atoms with Crippen LogP contribution in [0.2, 0.25) is 0 Å². The number of benzene rings is 1. The molecule has 0 amide bonds. The van der Waals surface area contributed by atoms with E-state index in [1.54, 1.807) is 6.92 Å². The number of carbonyl (C=O) groups is 2. The first-order valence-electron chi connectivity index (χ1n) is 5.57. The highest BCUT2D eigenvalue weighted by molar-refractivity contribution is 6.03. The minimum atomic E-state index is -0.382. The van der Waals surface area contributed by atoms with Crippen molar-refractivity contribution in [3.8, 4) is 11.5 Å². The summed E-state index contributed by atoms with van der Waals surface area (Å²) in [4.78, 5) is 22.8. The van der Waals surface area contributed by atoms with Crippen molar-refractivity contribution in [3.63, 3.8) is 0 Å². The molecular weight excluding hydrogens is 236 g/mol. The van der Waals surface area contributed by atoms with E-state index >= 15 is 0 Å². The van der Waals surface area contributed by atoms with Crippen LogP contribution in [-0.4, -0.2) is 28.4 Å². The number of ketones is 2. The van der Waals surface area contributed by atoms with Crippen molar-refractivity contribution in [2.24, 2.45) is 0 Å². The van der Waals surface area contributed by atoms with Gasteiger partial charge in [-0.05, 0) is 26.8 Å². The quantitative estimate of drug-likeness (QED) is 0.783. The van der Waals surface area contributed by atoms with Gasteiger partial charge in [0.15, 0.2) is 11.6 Å². The van der Waals surface area contributed by atoms with Crippen LogP contribution >= 0.6 is 0 Å². The summed E-state index contributed by atoms with van der Waals surface area (Å²) >= 11 is 0. The Balaban J connectivity index is 3.46. The molecule has 0 radical (unpaired) electrons. The van der Waals surface area contributed by atoms with Crippen LogP contribution in [0.15, 0.2) is 6.07 Å². The van der Waals surface area contributed by atoms with Crippen LogP contribution in [-0.2, 0) is 11.3 Å². The zero-order valence-corrected chi connectivity index (χ0v) is 10.6. The van der Waals surface area contributed by atoms with E-state index in [-0.39, 0.29) is 46.4 Å². The van der Waals surface area contributed by atoms with E-state index in [4.69, 9.17) is 4.74 Å². The standard InChI is InChI=1S/C13H16O5/c1-4-18-6-11-12(16)9(7(2)14)5-10(8(3)15)13(11)17/h5,16-17H,4,6H2,1-3H3. The van der Waals surface area contributed by atoms with Gasteiger partial charge in [0.05, 0.1) is 23.3 Å². The number of carbonyl (C=O) groups excluding carboxylic acids is 2. The predicted molar refractivity (Wildman–Crippen MR) is 65.1 cm³/mol. The number of aromatic hydroxyl groups is 2. The summed E-state index contributed by atoms with van der Waals surface area (Å²) in [5.74, 6) is -1.43. The Morgan fingerprint density at radius 3 is 1.89 bits per heavy atom. The lowest BCUT2D eigenvalue weighted by molar-refractivity contribution is 0.101. The molecule has 5 nitrogen and oxygen atoms in total. The predicted octanol–water partition coefficient (Wildman–Crippen LogP) is 2.04. The van der Waals surface area contributed by atoms with E-state index in [1.807, 2.05) is 0 Å². The van der Waals surface area contributed by atoms with Gasteiger partial charge in [-0.2, -0.15) is 0 Å². The van der Waals surface area contributed by atoms with Gasteiger partial charge in [0.1, 0.15) is 11.5 Å². The first-order chi connectivity index (χ1) is 8.40. The summed E-state index contributed by atoms with van der Waals surface area (Å²) in [5, 5.41) is 19.8. The van der Waals surface area contributed by atoms with Crippen LogP contribution in [0.25, 0.3) is 0 Å². The van der Waals surface area contributed by atoms with Crippen molar-refractivity contribution in [1.29, 1.82) is 0 Å². The van der Waals surface area contributed by atoms with Gasteiger partial charge >= 0.3 is 0 Å². The maximum Gasteiger partial charge on any atom is 0.163 e. The average Bonchev–Trinajstić information content (AvgIpc) is 2.28. The third-order valence-corrected chi connectivity index (χ3v) is 2.58. The van der Waals surface area contributed by atoms with Gasteiger partial charge < -0.3 is 14.9 Å². The third kappa shape index (κ3) is 2.68. The molecule has 0 unspecified atom stereocenters. The Kier molecular flexibility index (Phi) is 4.44. The monoisotopic (exact) mass is 252 g/mol. The minimum absolute atomic E-state index is 0.00713. The highest BCUT2D eigenvalue weighted by Gasteiger charge is 2.21. The topological polar surface area (TPSA) is 83.8 Å². The molecule has 0 aromatic heterocycles. The molecule has 98 valence electrons. The first-order valence-corrected chi connectivity index (χ1v) is 5.57. The molecular formula is C13H16O5. The Bertz CT molecular complexity index is 452. The van der Waals surface area contributed by atoms with Crippen molar-refractivity contribution >= 4 is 11.6 Å². The summed E-state index contributed by atoms with van der Waals surface area (Å²) < 4.78 is 5.11. The van der Waals surface area contributed by atoms with Crippen LogP contribution in [0.5, 0.6) is 11.5 Å². The van der Waals surface area contributed by atoms with E-state index in [1.165, 1.54) is 19.9 Å². The maximum atomic E-state index is 11.4. The highest BCUT2D eigenvalue weighted by atomic mass is 16.5. The van der Waals surface area contributed by atoms with Crippen molar-refractivity contribution in [2.45, 2.75) is 27.4 Å². The fraction of sp³-hybridized carbons (Fsp3) is 0.385. The molecule has 0 aliphatic carbocycles. The fourth-order valence-corrected chi connectivity index (χ4v) is 1.60. The van der Waals surface area contributed by atoms with Crippen LogP contribution in [0.4, 0.5) is 0 Å². The molecule has 0 atom stereocenters. The van der Waals surface area contributed by atoms with E-state index in [9.17, 15) is 19.8 Å². The molecule has 0 aliphatic rings. The second-order valence-electron chi connectivity index (χ2n) is 3.90. The maximum absolute atomic E-state index is 11.4. The number of phenolic OH excluding ortho intramolecular Hbond substituents is 2. The lowest BCUT2D eigenvalue weighted by Gasteiger charge is -2.13. The summed E-state index contributed by atoms with van der Waals surface area (Å²) in [6.45, 7) is 4.64. The van der Waals surface area contributed by atoms with Crippen molar-refractivity contribution < 1.29 is 24.5 Å². The van der Waals surface area contributed by atoms with Gasteiger partial charge in [0, 0.05) is 6.61 Å². The van der Waals surface area contributed by atoms with Gasteiger partial charge in [-0.25, -0.2) is 0 Å². The normalized spacial score (nSPS) is 10.4. The van der Waals surface area contributed by atoms with E-state index < -0.39 is 0 Å². The van der Waals surface area contributed by atoms with Crippen LogP contribution in [0, 0.1) is 0 Å². The molecule has 2 N–H and O–H groups in total. The number of hydrogen-bond donors (Lipinski definition) is 2. The largest absolute Gasteiger partial charge is 0.507 e. The van der Waals surface area contributed by atoms with Gasteiger partial charge in [-0.15, -0.1) is 0 Å². The van der Waals surface area contributed by atoms with Crippen LogP contribution in [0.3, 0.4) is 0 Å². The Hall–Kier alpha value is -1.88. The van der Waals surface area contributed by atoms with Crippen molar-refractivity contribution in [3.05, 3.63) is 22.8 Å². The van der Waals surface area contributed by atoms with Crippen LogP contribution in [0.1, 0.15) is 47.1 Å². The summed E-state index contributed by atoms with van der Waals surface area (Å²) in [5.41, 5.74) is 0.0788. The molecule has 0 aliphatic heterocycles. The summed E-state index contributed by atoms with van der Waals surface area (Å²) in [6, 6.07) is 1.20. The first kappa shape index (κ1) is 14.2. The fourth-order valence-electron chi connectivity index (χ4n) is 1.60. The SMILES string of the molecule is CCOCc1c(O)c(C(C)=O)cc(C(C)=O)c1O. The molecule has 1 aromatic carbocycles. The van der Waals surface area contributed by atoms with Gasteiger partial charge in [0.25, 0.3) is 0 Å². The van der Waals surface area contributed by atoms with Crippen LogP contribution < -0.4 is 0 Å². The second kappa shape index (κ2) is 5.64. The highest BCUT2D eigenvalue weighted by Crippen LogP contribution is 2.35. The number of rotatable bonds is 5. The molecule has 5 heteroatoms. The number of hydrogen-bond acceptors (Lipinski definition) is 5. The molecule has 18 heavy (non-hydrogen) atoms. The Labute approximate surface area is 105 Å². The molecule has 0 saturated heterocycles. The van der Waals surface area contributed by atoms with Crippen molar-refractivity contribution in [2.75, 3.05) is 6.61 Å². The number of ether oxygens (including phenoxy) is 1. The van der Waals surface area contributed by atoms with E-state index in [0.29, 0.717) is 6.61 Å². The lowest BCUT2D eigenvalue weighted by Crippen LogP contribution is -2.04. The average molecular weight is 252 g/mol. The Morgan fingerprint density at radius 2 is 1.56 bits per heavy atom. The van der Waals surface area contributed by atoms with Crippen molar-refractivity contribution in [1.82, 2.24) is 0 Å². The smallest absolute Gasteiger partial charge is 0.163 e. The lowest BCUT2D eigenvalue weighted by atomic mass is 9.98. The van der Waals surface area contributed by atoms with Gasteiger partial charge in [-0.1, -0.05) is 0 Å². The molecule has 0 bridgehead atoms. The molecule has 0 fully saturated rings. The molecule has 1 rings (SSSR count). The zero-order valence-electron chi connectivity index (χ0n) is 10.6. The third-order valence-electron chi connectivity index (χ3n) is 2.58. The summed E-state index contributed by atoms with van der Waals surface area (Å²) in [6.07, 6.45) is 0. The number of Topliss-reactive ketones (excluding diaryl/α,β-unsaturated/α-hetero) is 2. The number of phenols is 2. The second-order valence-corrected chi connectivity index (χ2v) is 3.90. The Morgan fingerprint density at radius 1 is 1.11 bits per heavy atom. The van der Waals surface area contributed by atoms with Gasteiger partial charge in [0.2, 0.25) is 0 Å². The molecule has 1 aromatic rings. The van der Waals surface area contributed by atoms with E-state index in [2.05, 4.69) is 0 Å². The van der Waals surface area contributed by atoms with Gasteiger partial charge in [-0.3, -0.25) is 9.59 Å². The molecule has 0 spiro atoms. The molecule has 0 saturated carbocycles. The molecule has 0 heterocycles. The minimum Gasteiger partial charge on any atom is -0.507 e. The van der Waals surface area contributed by atoms with E-state index in [0.717, 1.165) is 0 Å². The summed E-state index contributed by atoms with van der Waals surface area (Å²) in [7, 11) is 0.